The number of carbonyl (C=O) groups excluding carboxylic acids is 3. The first-order chi connectivity index (χ1) is 13.4. The van der Waals surface area contributed by atoms with Crippen molar-refractivity contribution in [3.05, 3.63) is 34.9 Å². The SMILES string of the molecule is NCC1CC(F)(CNCc2cccc3c2CN(C2CCC(=O)NC2=O)C3=O)C1. The van der Waals surface area contributed by atoms with Crippen LogP contribution in [0.3, 0.4) is 0 Å². The fourth-order valence-corrected chi connectivity index (χ4v) is 4.52. The maximum absolute atomic E-state index is 14.5. The second-order valence-corrected chi connectivity index (χ2v) is 8.11. The van der Waals surface area contributed by atoms with Crippen LogP contribution in [0.15, 0.2) is 18.2 Å². The number of alkyl halides is 1. The predicted octanol–water partition coefficient (Wildman–Crippen LogP) is 0.614. The van der Waals surface area contributed by atoms with Crippen LogP contribution in [0.5, 0.6) is 0 Å². The molecule has 1 aromatic carbocycles. The van der Waals surface area contributed by atoms with Gasteiger partial charge in [-0.2, -0.15) is 0 Å². The zero-order chi connectivity index (χ0) is 19.9. The molecule has 1 aliphatic carbocycles. The third-order valence-corrected chi connectivity index (χ3v) is 6.08. The molecular weight excluding hydrogens is 363 g/mol. The van der Waals surface area contributed by atoms with Crippen LogP contribution in [0.25, 0.3) is 0 Å². The van der Waals surface area contributed by atoms with Gasteiger partial charge in [0.25, 0.3) is 5.91 Å². The van der Waals surface area contributed by atoms with Crippen molar-refractivity contribution in [1.82, 2.24) is 15.5 Å². The first kappa shape index (κ1) is 19.0. The van der Waals surface area contributed by atoms with Gasteiger partial charge in [0, 0.05) is 31.6 Å². The lowest BCUT2D eigenvalue weighted by atomic mass is 9.72. The zero-order valence-electron chi connectivity index (χ0n) is 15.7. The quantitative estimate of drug-likeness (QED) is 0.620. The summed E-state index contributed by atoms with van der Waals surface area (Å²) in [6, 6.07) is 4.85. The Morgan fingerprint density at radius 3 is 2.79 bits per heavy atom. The molecule has 0 bridgehead atoms. The Hall–Kier alpha value is -2.32. The highest BCUT2D eigenvalue weighted by molar-refractivity contribution is 6.05. The fourth-order valence-electron chi connectivity index (χ4n) is 4.52. The summed E-state index contributed by atoms with van der Waals surface area (Å²) in [5.74, 6) is -0.648. The number of fused-ring (bicyclic) bond motifs is 1. The molecule has 3 aliphatic rings. The van der Waals surface area contributed by atoms with E-state index in [0.717, 1.165) is 11.1 Å². The highest BCUT2D eigenvalue weighted by Crippen LogP contribution is 2.40. The summed E-state index contributed by atoms with van der Waals surface area (Å²) in [5, 5.41) is 5.48. The minimum atomic E-state index is -1.20. The van der Waals surface area contributed by atoms with Crippen molar-refractivity contribution >= 4 is 17.7 Å². The van der Waals surface area contributed by atoms with E-state index in [2.05, 4.69) is 10.6 Å². The van der Waals surface area contributed by atoms with Crippen molar-refractivity contribution < 1.29 is 18.8 Å². The highest BCUT2D eigenvalue weighted by Gasteiger charge is 2.44. The van der Waals surface area contributed by atoms with Crippen LogP contribution in [0, 0.1) is 5.92 Å². The van der Waals surface area contributed by atoms with E-state index < -0.39 is 17.6 Å². The second-order valence-electron chi connectivity index (χ2n) is 8.11. The molecule has 2 heterocycles. The summed E-state index contributed by atoms with van der Waals surface area (Å²) in [5.41, 5.74) is 6.74. The lowest BCUT2D eigenvalue weighted by Gasteiger charge is -2.41. The number of amides is 3. The standard InChI is InChI=1S/C20H25FN4O3/c21-20(6-12(7-20)8-22)11-23-9-13-2-1-3-14-15(13)10-25(19(14)28)16-4-5-17(26)24-18(16)27/h1-3,12,16,23H,4-11,22H2,(H,24,26,27). The van der Waals surface area contributed by atoms with E-state index in [1.807, 2.05) is 6.07 Å². The maximum Gasteiger partial charge on any atom is 0.255 e. The lowest BCUT2D eigenvalue weighted by Crippen LogP contribution is -2.52. The van der Waals surface area contributed by atoms with Gasteiger partial charge in [-0.1, -0.05) is 12.1 Å². The molecule has 2 fully saturated rings. The van der Waals surface area contributed by atoms with Gasteiger partial charge in [-0.25, -0.2) is 4.39 Å². The van der Waals surface area contributed by atoms with Crippen LogP contribution in [0.4, 0.5) is 4.39 Å². The van der Waals surface area contributed by atoms with E-state index in [1.54, 1.807) is 12.1 Å². The van der Waals surface area contributed by atoms with E-state index in [4.69, 9.17) is 5.73 Å². The number of nitrogens with two attached hydrogens (primary N) is 1. The van der Waals surface area contributed by atoms with Crippen LogP contribution < -0.4 is 16.4 Å². The van der Waals surface area contributed by atoms with Crippen LogP contribution in [-0.2, 0) is 22.7 Å². The first-order valence-electron chi connectivity index (χ1n) is 9.75. The first-order valence-corrected chi connectivity index (χ1v) is 9.75. The predicted molar refractivity (Wildman–Crippen MR) is 99.8 cm³/mol. The van der Waals surface area contributed by atoms with Gasteiger partial charge in [-0.3, -0.25) is 19.7 Å². The number of piperidine rings is 1. The van der Waals surface area contributed by atoms with E-state index in [1.165, 1.54) is 4.90 Å². The van der Waals surface area contributed by atoms with Gasteiger partial charge in [0.1, 0.15) is 11.7 Å². The Bertz CT molecular complexity index is 822. The average molecular weight is 388 g/mol. The molecule has 0 aromatic heterocycles. The highest BCUT2D eigenvalue weighted by atomic mass is 19.1. The van der Waals surface area contributed by atoms with Gasteiger partial charge in [0.2, 0.25) is 11.8 Å². The number of nitrogens with zero attached hydrogens (tertiary/aromatic N) is 1. The average Bonchev–Trinajstić information content (AvgIpc) is 2.97. The van der Waals surface area contributed by atoms with Crippen molar-refractivity contribution in [2.75, 3.05) is 13.1 Å². The molecule has 1 saturated carbocycles. The van der Waals surface area contributed by atoms with Crippen molar-refractivity contribution in [1.29, 1.82) is 0 Å². The summed E-state index contributed by atoms with van der Waals surface area (Å²) in [4.78, 5) is 37.9. The Labute approximate surface area is 162 Å². The van der Waals surface area contributed by atoms with Gasteiger partial charge in [-0.15, -0.1) is 0 Å². The fraction of sp³-hybridized carbons (Fsp3) is 0.550. The van der Waals surface area contributed by atoms with Crippen LogP contribution >= 0.6 is 0 Å². The van der Waals surface area contributed by atoms with Gasteiger partial charge in [-0.05, 0) is 48.9 Å². The lowest BCUT2D eigenvalue weighted by molar-refractivity contribution is -0.136. The Morgan fingerprint density at radius 2 is 2.07 bits per heavy atom. The Kier molecular flexibility index (Phi) is 4.93. The molecule has 1 unspecified atom stereocenters. The van der Waals surface area contributed by atoms with Gasteiger partial charge in [0.15, 0.2) is 0 Å². The van der Waals surface area contributed by atoms with E-state index in [9.17, 15) is 18.8 Å². The molecule has 4 N–H and O–H groups in total. The minimum absolute atomic E-state index is 0.196. The van der Waals surface area contributed by atoms with Gasteiger partial charge in [0.05, 0.1) is 0 Å². The van der Waals surface area contributed by atoms with Gasteiger partial charge < -0.3 is 16.0 Å². The number of hydrogen-bond donors (Lipinski definition) is 3. The molecule has 28 heavy (non-hydrogen) atoms. The number of halogens is 1. The molecule has 0 radical (unpaired) electrons. The summed E-state index contributed by atoms with van der Waals surface area (Å²) in [7, 11) is 0. The monoisotopic (exact) mass is 388 g/mol. The van der Waals surface area contributed by atoms with E-state index >= 15 is 0 Å². The molecule has 1 aromatic rings. The Balaban J connectivity index is 1.41. The number of benzene rings is 1. The maximum atomic E-state index is 14.5. The smallest absolute Gasteiger partial charge is 0.255 e. The second kappa shape index (κ2) is 7.25. The molecule has 150 valence electrons. The molecular formula is C20H25FN4O3. The van der Waals surface area contributed by atoms with Crippen molar-refractivity contribution in [3.63, 3.8) is 0 Å². The van der Waals surface area contributed by atoms with Crippen LogP contribution in [0.1, 0.15) is 47.2 Å². The van der Waals surface area contributed by atoms with Crippen molar-refractivity contribution in [2.24, 2.45) is 11.7 Å². The molecule has 4 rings (SSSR count). The number of rotatable bonds is 6. The minimum Gasteiger partial charge on any atom is -0.330 e. The molecule has 1 saturated heterocycles. The summed E-state index contributed by atoms with van der Waals surface area (Å²) in [6.45, 7) is 1.57. The number of hydrogen-bond acceptors (Lipinski definition) is 5. The summed E-state index contributed by atoms with van der Waals surface area (Å²) in [6.07, 6.45) is 1.55. The van der Waals surface area contributed by atoms with Crippen molar-refractivity contribution in [2.45, 2.75) is 50.5 Å². The molecule has 0 spiro atoms. The van der Waals surface area contributed by atoms with Gasteiger partial charge >= 0.3 is 0 Å². The van der Waals surface area contributed by atoms with Crippen LogP contribution in [-0.4, -0.2) is 47.4 Å². The third-order valence-electron chi connectivity index (χ3n) is 6.08. The molecule has 7 nitrogen and oxygen atoms in total. The summed E-state index contributed by atoms with van der Waals surface area (Å²) >= 11 is 0. The third kappa shape index (κ3) is 3.42. The molecule has 2 aliphatic heterocycles. The normalized spacial score (nSPS) is 29.5. The largest absolute Gasteiger partial charge is 0.330 e. The number of carbonyl (C=O) groups is 3. The summed E-state index contributed by atoms with van der Waals surface area (Å²) < 4.78 is 14.5. The van der Waals surface area contributed by atoms with E-state index in [0.29, 0.717) is 44.5 Å². The number of nitrogens with one attached hydrogen (secondary N) is 2. The molecule has 8 heteroatoms. The van der Waals surface area contributed by atoms with E-state index in [-0.39, 0.29) is 30.7 Å². The van der Waals surface area contributed by atoms with Crippen LogP contribution in [0.2, 0.25) is 0 Å². The topological polar surface area (TPSA) is 105 Å². The van der Waals surface area contributed by atoms with Crippen molar-refractivity contribution in [3.8, 4) is 0 Å². The zero-order valence-corrected chi connectivity index (χ0v) is 15.7. The molecule has 3 amide bonds. The molecule has 1 atom stereocenters. The Morgan fingerprint density at radius 1 is 1.29 bits per heavy atom. The number of imide groups is 1.